The zero-order valence-corrected chi connectivity index (χ0v) is 11.4. The van der Waals surface area contributed by atoms with Gasteiger partial charge >= 0.3 is 0 Å². The van der Waals surface area contributed by atoms with Gasteiger partial charge in [0.2, 0.25) is 0 Å². The number of rotatable bonds is 6. The Labute approximate surface area is 110 Å². The number of aliphatic hydroxyl groups excluding tert-OH is 1. The molecule has 2 unspecified atom stereocenters. The lowest BCUT2D eigenvalue weighted by Crippen LogP contribution is -2.27. The molecule has 2 nitrogen and oxygen atoms in total. The van der Waals surface area contributed by atoms with E-state index in [1.165, 1.54) is 0 Å². The summed E-state index contributed by atoms with van der Waals surface area (Å²) in [4.78, 5) is 0. The summed E-state index contributed by atoms with van der Waals surface area (Å²) < 4.78 is 5.73. The fourth-order valence-corrected chi connectivity index (χ4v) is 1.71. The summed E-state index contributed by atoms with van der Waals surface area (Å²) in [5, 5.41) is 10.1. The Morgan fingerprint density at radius 3 is 2.44 bits per heavy atom. The Kier molecular flexibility index (Phi) is 5.32. The van der Waals surface area contributed by atoms with Crippen LogP contribution in [0.5, 0.6) is 0 Å². The summed E-state index contributed by atoms with van der Waals surface area (Å²) in [6, 6.07) is 7.53. The lowest BCUT2D eigenvalue weighted by molar-refractivity contribution is -0.165. The third kappa shape index (κ3) is 3.83. The van der Waals surface area contributed by atoms with Gasteiger partial charge in [0.15, 0.2) is 6.29 Å². The van der Waals surface area contributed by atoms with Crippen LogP contribution < -0.4 is 0 Å². The minimum atomic E-state index is -0.912. The summed E-state index contributed by atoms with van der Waals surface area (Å²) in [5.41, 5.74) is 1.34. The van der Waals surface area contributed by atoms with Gasteiger partial charge in [0.1, 0.15) is 0 Å². The molecule has 0 aliphatic carbocycles. The Balaban J connectivity index is 2.80. The molecule has 0 bridgehead atoms. The molecule has 0 aromatic heterocycles. The van der Waals surface area contributed by atoms with Crippen LogP contribution in [-0.4, -0.2) is 10.7 Å². The van der Waals surface area contributed by atoms with Crippen LogP contribution in [0, 0.1) is 0 Å². The lowest BCUT2D eigenvalue weighted by atomic mass is 10.0. The van der Waals surface area contributed by atoms with Gasteiger partial charge < -0.3 is 9.84 Å². The minimum Gasteiger partial charge on any atom is -0.364 e. The second kappa shape index (κ2) is 6.53. The van der Waals surface area contributed by atoms with Gasteiger partial charge in [-0.2, -0.15) is 0 Å². The second-order valence-corrected chi connectivity index (χ2v) is 4.51. The molecule has 0 aliphatic heterocycles. The van der Waals surface area contributed by atoms with Crippen molar-refractivity contribution in [3.8, 4) is 0 Å². The highest BCUT2D eigenvalue weighted by atomic mass is 16.6. The third-order valence-electron chi connectivity index (χ3n) is 3.06. The van der Waals surface area contributed by atoms with E-state index in [4.69, 9.17) is 4.74 Å². The van der Waals surface area contributed by atoms with Gasteiger partial charge in [-0.25, -0.2) is 0 Å². The van der Waals surface area contributed by atoms with Crippen molar-refractivity contribution in [3.05, 3.63) is 54.1 Å². The Hall–Kier alpha value is -1.38. The molecule has 1 aromatic carbocycles. The summed E-state index contributed by atoms with van der Waals surface area (Å²) >= 11 is 0. The molecule has 1 aromatic rings. The Morgan fingerprint density at radius 2 is 2.00 bits per heavy atom. The molecule has 0 amide bonds. The topological polar surface area (TPSA) is 29.5 Å². The molecule has 98 valence electrons. The normalized spacial score (nSPS) is 16.4. The summed E-state index contributed by atoms with van der Waals surface area (Å²) in [5.74, 6) is 0. The third-order valence-corrected chi connectivity index (χ3v) is 3.06. The van der Waals surface area contributed by atoms with Crippen LogP contribution in [0.2, 0.25) is 0 Å². The molecule has 0 saturated heterocycles. The molecular formula is C16H22O2. The first kappa shape index (κ1) is 14.7. The van der Waals surface area contributed by atoms with Gasteiger partial charge in [-0.1, -0.05) is 56.0 Å². The summed E-state index contributed by atoms with van der Waals surface area (Å²) in [6.07, 6.45) is 5.57. The van der Waals surface area contributed by atoms with Gasteiger partial charge in [0.25, 0.3) is 0 Å². The number of hydrogen-bond donors (Lipinski definition) is 1. The van der Waals surface area contributed by atoms with E-state index >= 15 is 0 Å². The number of benzene rings is 1. The molecule has 1 rings (SSSR count). The van der Waals surface area contributed by atoms with E-state index in [0.717, 1.165) is 17.5 Å². The van der Waals surface area contributed by atoms with Gasteiger partial charge in [-0.05, 0) is 25.8 Å². The van der Waals surface area contributed by atoms with Crippen molar-refractivity contribution in [1.82, 2.24) is 0 Å². The van der Waals surface area contributed by atoms with Crippen molar-refractivity contribution in [2.24, 2.45) is 0 Å². The van der Waals surface area contributed by atoms with Crippen molar-refractivity contribution >= 4 is 6.08 Å². The van der Waals surface area contributed by atoms with Crippen LogP contribution in [0.3, 0.4) is 0 Å². The van der Waals surface area contributed by atoms with E-state index in [0.29, 0.717) is 0 Å². The fraction of sp³-hybridized carbons (Fsp3) is 0.375. The highest BCUT2D eigenvalue weighted by Crippen LogP contribution is 2.26. The molecule has 0 fully saturated rings. The van der Waals surface area contributed by atoms with E-state index in [1.54, 1.807) is 6.08 Å². The molecule has 0 heterocycles. The summed E-state index contributed by atoms with van der Waals surface area (Å²) in [6.45, 7) is 9.65. The van der Waals surface area contributed by atoms with Crippen molar-refractivity contribution < 1.29 is 9.84 Å². The molecule has 1 N–H and O–H groups in total. The van der Waals surface area contributed by atoms with E-state index in [1.807, 2.05) is 57.2 Å². The number of hydrogen-bond acceptors (Lipinski definition) is 2. The van der Waals surface area contributed by atoms with Gasteiger partial charge in [0.05, 0.1) is 5.60 Å². The van der Waals surface area contributed by atoms with Crippen molar-refractivity contribution in [1.29, 1.82) is 0 Å². The number of ether oxygens (including phenoxy) is 1. The van der Waals surface area contributed by atoms with Crippen LogP contribution in [0.25, 0.3) is 6.08 Å². The van der Waals surface area contributed by atoms with E-state index in [2.05, 4.69) is 6.58 Å². The largest absolute Gasteiger partial charge is 0.364 e. The second-order valence-electron chi connectivity index (χ2n) is 4.51. The molecule has 0 spiro atoms. The van der Waals surface area contributed by atoms with Crippen LogP contribution in [0.1, 0.15) is 44.6 Å². The molecule has 0 radical (unpaired) electrons. The van der Waals surface area contributed by atoms with Crippen molar-refractivity contribution in [2.75, 3.05) is 0 Å². The minimum absolute atomic E-state index is 0.439. The SMILES string of the molecule is C=Cc1ccc(C(O)OC(C)(/C=C/C)CC)cc1. The average Bonchev–Trinajstić information content (AvgIpc) is 2.39. The highest BCUT2D eigenvalue weighted by Gasteiger charge is 2.23. The maximum Gasteiger partial charge on any atom is 0.182 e. The van der Waals surface area contributed by atoms with Crippen molar-refractivity contribution in [2.45, 2.75) is 39.1 Å². The van der Waals surface area contributed by atoms with Gasteiger partial charge in [-0.3, -0.25) is 0 Å². The molecule has 0 saturated carbocycles. The predicted octanol–water partition coefficient (Wildman–Crippen LogP) is 4.08. The quantitative estimate of drug-likeness (QED) is 0.605. The smallest absolute Gasteiger partial charge is 0.182 e. The van der Waals surface area contributed by atoms with Gasteiger partial charge in [0, 0.05) is 5.56 Å². The van der Waals surface area contributed by atoms with E-state index in [-0.39, 0.29) is 0 Å². The lowest BCUT2D eigenvalue weighted by Gasteiger charge is -2.28. The van der Waals surface area contributed by atoms with Crippen LogP contribution in [-0.2, 0) is 4.74 Å². The highest BCUT2D eigenvalue weighted by molar-refractivity contribution is 5.47. The monoisotopic (exact) mass is 246 g/mol. The van der Waals surface area contributed by atoms with Gasteiger partial charge in [-0.15, -0.1) is 0 Å². The Morgan fingerprint density at radius 1 is 1.39 bits per heavy atom. The van der Waals surface area contributed by atoms with Crippen LogP contribution in [0.15, 0.2) is 43.0 Å². The fourth-order valence-electron chi connectivity index (χ4n) is 1.71. The van der Waals surface area contributed by atoms with Crippen molar-refractivity contribution in [3.63, 3.8) is 0 Å². The molecular weight excluding hydrogens is 224 g/mol. The standard InChI is InChI=1S/C16H22O2/c1-5-12-16(4,7-3)18-15(17)14-10-8-13(6-2)9-11-14/h5-6,8-12,15,17H,2,7H2,1,3-4H3/b12-5+. The predicted molar refractivity (Wildman–Crippen MR) is 76.1 cm³/mol. The number of aliphatic hydroxyl groups is 1. The first-order valence-electron chi connectivity index (χ1n) is 6.27. The molecule has 2 heteroatoms. The van der Waals surface area contributed by atoms with Crippen LogP contribution in [0.4, 0.5) is 0 Å². The Bertz CT molecular complexity index is 406. The first-order valence-corrected chi connectivity index (χ1v) is 6.27. The molecule has 0 aliphatic rings. The van der Waals surface area contributed by atoms with E-state index < -0.39 is 11.9 Å². The molecule has 18 heavy (non-hydrogen) atoms. The molecule has 2 atom stereocenters. The zero-order chi connectivity index (χ0) is 13.6. The first-order chi connectivity index (χ1) is 8.54. The maximum absolute atomic E-state index is 10.1. The van der Waals surface area contributed by atoms with Crippen LogP contribution >= 0.6 is 0 Å². The average molecular weight is 246 g/mol. The maximum atomic E-state index is 10.1. The number of allylic oxidation sites excluding steroid dienone is 1. The summed E-state index contributed by atoms with van der Waals surface area (Å²) in [7, 11) is 0. The van der Waals surface area contributed by atoms with E-state index in [9.17, 15) is 5.11 Å². The zero-order valence-electron chi connectivity index (χ0n) is 11.4.